The standard InChI is InChI=1S/C11H17N3O/c12-7-9-3-1-5-13-11(9)14-8-10-4-2-6-15-10/h1,3,5,10H,2,4,6-8,12H2,(H,13,14). The summed E-state index contributed by atoms with van der Waals surface area (Å²) < 4.78 is 5.53. The van der Waals surface area contributed by atoms with Gasteiger partial charge >= 0.3 is 0 Å². The van der Waals surface area contributed by atoms with Gasteiger partial charge in [-0.1, -0.05) is 6.07 Å². The Labute approximate surface area is 89.8 Å². The van der Waals surface area contributed by atoms with E-state index in [1.807, 2.05) is 12.1 Å². The topological polar surface area (TPSA) is 60.2 Å². The predicted molar refractivity (Wildman–Crippen MR) is 59.6 cm³/mol. The molecule has 0 saturated carbocycles. The Kier molecular flexibility index (Phi) is 3.53. The fourth-order valence-corrected chi connectivity index (χ4v) is 1.78. The molecule has 4 heteroatoms. The number of nitrogens with one attached hydrogen (secondary N) is 1. The van der Waals surface area contributed by atoms with Gasteiger partial charge in [0.05, 0.1) is 6.10 Å². The van der Waals surface area contributed by atoms with Crippen LogP contribution in [0.3, 0.4) is 0 Å². The van der Waals surface area contributed by atoms with Crippen LogP contribution < -0.4 is 11.1 Å². The smallest absolute Gasteiger partial charge is 0.130 e. The second-order valence-electron chi connectivity index (χ2n) is 3.73. The molecule has 0 amide bonds. The highest BCUT2D eigenvalue weighted by Crippen LogP contribution is 2.14. The van der Waals surface area contributed by atoms with E-state index in [2.05, 4.69) is 10.3 Å². The van der Waals surface area contributed by atoms with Gasteiger partial charge in [0.2, 0.25) is 0 Å². The molecule has 2 heterocycles. The molecule has 0 aliphatic carbocycles. The van der Waals surface area contributed by atoms with Crippen LogP contribution in [0, 0.1) is 0 Å². The second kappa shape index (κ2) is 5.09. The van der Waals surface area contributed by atoms with Crippen molar-refractivity contribution in [3.63, 3.8) is 0 Å². The van der Waals surface area contributed by atoms with Gasteiger partial charge in [0.1, 0.15) is 5.82 Å². The van der Waals surface area contributed by atoms with E-state index in [-0.39, 0.29) is 0 Å². The van der Waals surface area contributed by atoms with Crippen LogP contribution in [0.5, 0.6) is 0 Å². The largest absolute Gasteiger partial charge is 0.376 e. The van der Waals surface area contributed by atoms with E-state index in [0.29, 0.717) is 12.6 Å². The zero-order chi connectivity index (χ0) is 10.5. The number of nitrogens with two attached hydrogens (primary N) is 1. The van der Waals surface area contributed by atoms with Crippen molar-refractivity contribution < 1.29 is 4.74 Å². The van der Waals surface area contributed by atoms with E-state index in [4.69, 9.17) is 10.5 Å². The summed E-state index contributed by atoms with van der Waals surface area (Å²) in [6.45, 7) is 2.23. The highest BCUT2D eigenvalue weighted by molar-refractivity contribution is 5.43. The van der Waals surface area contributed by atoms with Crippen molar-refractivity contribution in [1.82, 2.24) is 4.98 Å². The van der Waals surface area contributed by atoms with Crippen molar-refractivity contribution in [3.8, 4) is 0 Å². The summed E-state index contributed by atoms with van der Waals surface area (Å²) >= 11 is 0. The minimum atomic E-state index is 0.331. The van der Waals surface area contributed by atoms with Crippen LogP contribution >= 0.6 is 0 Å². The van der Waals surface area contributed by atoms with E-state index in [9.17, 15) is 0 Å². The highest BCUT2D eigenvalue weighted by Gasteiger charge is 2.15. The lowest BCUT2D eigenvalue weighted by molar-refractivity contribution is 0.120. The first kappa shape index (κ1) is 10.4. The third-order valence-electron chi connectivity index (χ3n) is 2.63. The molecular formula is C11H17N3O. The van der Waals surface area contributed by atoms with E-state index >= 15 is 0 Å². The first-order valence-corrected chi connectivity index (χ1v) is 5.39. The molecule has 0 aromatic carbocycles. The number of rotatable bonds is 4. The molecule has 1 aliphatic rings. The van der Waals surface area contributed by atoms with Crippen molar-refractivity contribution in [2.45, 2.75) is 25.5 Å². The highest BCUT2D eigenvalue weighted by atomic mass is 16.5. The van der Waals surface area contributed by atoms with E-state index in [1.165, 1.54) is 0 Å². The Morgan fingerprint density at radius 3 is 3.27 bits per heavy atom. The molecule has 0 spiro atoms. The molecule has 1 aliphatic heterocycles. The van der Waals surface area contributed by atoms with Crippen LogP contribution in [-0.4, -0.2) is 24.2 Å². The van der Waals surface area contributed by atoms with Crippen LogP contribution in [0.4, 0.5) is 5.82 Å². The lowest BCUT2D eigenvalue weighted by Crippen LogP contribution is -2.20. The maximum absolute atomic E-state index is 5.62. The molecule has 1 aromatic rings. The number of anilines is 1. The maximum Gasteiger partial charge on any atom is 0.130 e. The van der Waals surface area contributed by atoms with Crippen LogP contribution in [0.25, 0.3) is 0 Å². The predicted octanol–water partition coefficient (Wildman–Crippen LogP) is 1.13. The number of hydrogen-bond acceptors (Lipinski definition) is 4. The van der Waals surface area contributed by atoms with Crippen molar-refractivity contribution >= 4 is 5.82 Å². The zero-order valence-electron chi connectivity index (χ0n) is 8.78. The van der Waals surface area contributed by atoms with Crippen molar-refractivity contribution in [1.29, 1.82) is 0 Å². The van der Waals surface area contributed by atoms with Crippen LogP contribution in [-0.2, 0) is 11.3 Å². The molecule has 1 unspecified atom stereocenters. The average molecular weight is 207 g/mol. The lowest BCUT2D eigenvalue weighted by Gasteiger charge is -2.13. The maximum atomic E-state index is 5.62. The molecule has 0 radical (unpaired) electrons. The van der Waals surface area contributed by atoms with Gasteiger partial charge in [-0.25, -0.2) is 4.98 Å². The number of aromatic nitrogens is 1. The Morgan fingerprint density at radius 1 is 1.60 bits per heavy atom. The van der Waals surface area contributed by atoms with Crippen molar-refractivity contribution in [2.24, 2.45) is 5.73 Å². The van der Waals surface area contributed by atoms with E-state index in [1.54, 1.807) is 6.20 Å². The number of pyridine rings is 1. The fraction of sp³-hybridized carbons (Fsp3) is 0.545. The average Bonchev–Trinajstić information content (AvgIpc) is 2.79. The van der Waals surface area contributed by atoms with Gasteiger partial charge in [0.15, 0.2) is 0 Å². The van der Waals surface area contributed by atoms with Crippen LogP contribution in [0.1, 0.15) is 18.4 Å². The Morgan fingerprint density at radius 2 is 2.53 bits per heavy atom. The minimum Gasteiger partial charge on any atom is -0.376 e. The molecule has 0 bridgehead atoms. The van der Waals surface area contributed by atoms with Gasteiger partial charge < -0.3 is 15.8 Å². The van der Waals surface area contributed by atoms with Gasteiger partial charge in [-0.15, -0.1) is 0 Å². The third kappa shape index (κ3) is 2.67. The summed E-state index contributed by atoms with van der Waals surface area (Å²) in [5.41, 5.74) is 6.67. The third-order valence-corrected chi connectivity index (χ3v) is 2.63. The molecule has 3 N–H and O–H groups in total. The molecular weight excluding hydrogens is 190 g/mol. The van der Waals surface area contributed by atoms with Gasteiger partial charge in [0, 0.05) is 31.5 Å². The normalized spacial score (nSPS) is 20.5. The quantitative estimate of drug-likeness (QED) is 0.777. The first-order valence-electron chi connectivity index (χ1n) is 5.39. The van der Waals surface area contributed by atoms with E-state index in [0.717, 1.165) is 37.4 Å². The van der Waals surface area contributed by atoms with Crippen molar-refractivity contribution in [2.75, 3.05) is 18.5 Å². The molecule has 1 aromatic heterocycles. The molecule has 82 valence electrons. The summed E-state index contributed by atoms with van der Waals surface area (Å²) in [5.74, 6) is 0.885. The monoisotopic (exact) mass is 207 g/mol. The van der Waals surface area contributed by atoms with Crippen LogP contribution in [0.2, 0.25) is 0 Å². The van der Waals surface area contributed by atoms with E-state index < -0.39 is 0 Å². The van der Waals surface area contributed by atoms with Gasteiger partial charge in [-0.2, -0.15) is 0 Å². The summed E-state index contributed by atoms with van der Waals surface area (Å²) in [6, 6.07) is 3.89. The van der Waals surface area contributed by atoms with Gasteiger partial charge in [-0.05, 0) is 18.9 Å². The van der Waals surface area contributed by atoms with Gasteiger partial charge in [0.25, 0.3) is 0 Å². The van der Waals surface area contributed by atoms with Crippen molar-refractivity contribution in [3.05, 3.63) is 23.9 Å². The van der Waals surface area contributed by atoms with Gasteiger partial charge in [-0.3, -0.25) is 0 Å². The number of nitrogens with zero attached hydrogens (tertiary/aromatic N) is 1. The van der Waals surface area contributed by atoms with Crippen LogP contribution in [0.15, 0.2) is 18.3 Å². The molecule has 1 fully saturated rings. The summed E-state index contributed by atoms with van der Waals surface area (Å²) in [5, 5.41) is 3.29. The summed E-state index contributed by atoms with van der Waals surface area (Å²) in [6.07, 6.45) is 4.41. The molecule has 4 nitrogen and oxygen atoms in total. The Hall–Kier alpha value is -1.13. The molecule has 15 heavy (non-hydrogen) atoms. The minimum absolute atomic E-state index is 0.331. The molecule has 1 saturated heterocycles. The number of ether oxygens (including phenoxy) is 1. The zero-order valence-corrected chi connectivity index (χ0v) is 8.78. The summed E-state index contributed by atoms with van der Waals surface area (Å²) in [7, 11) is 0. The number of hydrogen-bond donors (Lipinski definition) is 2. The molecule has 2 rings (SSSR count). The Bertz CT molecular complexity index is 310. The lowest BCUT2D eigenvalue weighted by atomic mass is 10.2. The molecule has 1 atom stereocenters. The first-order chi connectivity index (χ1) is 7.40. The second-order valence-corrected chi connectivity index (χ2v) is 3.73. The fourth-order valence-electron chi connectivity index (χ4n) is 1.78. The SMILES string of the molecule is NCc1cccnc1NCC1CCCO1. The summed E-state index contributed by atoms with van der Waals surface area (Å²) in [4.78, 5) is 4.26. The Balaban J connectivity index is 1.91.